The molecule has 0 unspecified atom stereocenters. The monoisotopic (exact) mass is 440 g/mol. The van der Waals surface area contributed by atoms with E-state index in [4.69, 9.17) is 11.6 Å². The topological polar surface area (TPSA) is 117 Å². The Morgan fingerprint density at radius 1 is 1.19 bits per heavy atom. The van der Waals surface area contributed by atoms with Crippen molar-refractivity contribution in [1.29, 1.82) is 0 Å². The van der Waals surface area contributed by atoms with Crippen molar-refractivity contribution in [3.63, 3.8) is 0 Å². The highest BCUT2D eigenvalue weighted by atomic mass is 35.5. The molecule has 0 spiro atoms. The molecule has 2 aromatic carbocycles. The highest BCUT2D eigenvalue weighted by Gasteiger charge is 2.16. The number of rotatable bonds is 4. The molecule has 0 atom stereocenters. The van der Waals surface area contributed by atoms with Gasteiger partial charge in [0, 0.05) is 0 Å². The maximum Gasteiger partial charge on any atom is 0.292 e. The van der Waals surface area contributed by atoms with Gasteiger partial charge in [-0.05, 0) is 35.9 Å². The van der Waals surface area contributed by atoms with E-state index in [0.29, 0.717) is 11.1 Å². The number of aromatic hydroxyl groups is 1. The zero-order chi connectivity index (χ0) is 22.1. The molecule has 156 valence electrons. The predicted octanol–water partition coefficient (Wildman–Crippen LogP) is 2.88. The maximum atomic E-state index is 13.5. The molecule has 2 heterocycles. The summed E-state index contributed by atoms with van der Waals surface area (Å²) in [6, 6.07) is 11.7. The number of carbonyl (C=O) groups is 1. The molecule has 0 saturated heterocycles. The lowest BCUT2D eigenvalue weighted by Crippen LogP contribution is -2.24. The minimum Gasteiger partial charge on any atom is -0.502 e. The number of aromatic amines is 1. The van der Waals surface area contributed by atoms with Crippen LogP contribution in [-0.2, 0) is 6.54 Å². The van der Waals surface area contributed by atoms with Gasteiger partial charge in [-0.25, -0.2) is 9.37 Å². The normalized spacial score (nSPS) is 10.9. The Morgan fingerprint density at radius 3 is 2.71 bits per heavy atom. The number of amides is 1. The van der Waals surface area contributed by atoms with Gasteiger partial charge in [-0.15, -0.1) is 0 Å². The molecule has 2 aromatic heterocycles. The molecule has 10 heteroatoms. The van der Waals surface area contributed by atoms with Gasteiger partial charge < -0.3 is 15.4 Å². The molecule has 0 fully saturated rings. The van der Waals surface area contributed by atoms with Gasteiger partial charge in [0.05, 0.1) is 34.5 Å². The SMILES string of the molecule is O=C(Nc1cccc2ncn(Cc3cccc(F)c3)c(=O)c12)c1cc(Cl)c(O)c(=O)[nH]1. The van der Waals surface area contributed by atoms with Crippen molar-refractivity contribution in [1.82, 2.24) is 14.5 Å². The lowest BCUT2D eigenvalue weighted by molar-refractivity contribution is 0.102. The van der Waals surface area contributed by atoms with E-state index in [1.165, 1.54) is 29.1 Å². The molecule has 0 saturated carbocycles. The van der Waals surface area contributed by atoms with Crippen LogP contribution in [0, 0.1) is 5.82 Å². The van der Waals surface area contributed by atoms with Crippen molar-refractivity contribution in [2.45, 2.75) is 6.54 Å². The van der Waals surface area contributed by atoms with Crippen molar-refractivity contribution >= 4 is 34.1 Å². The van der Waals surface area contributed by atoms with Crippen LogP contribution in [0.15, 0.2) is 64.4 Å². The first-order valence-electron chi connectivity index (χ1n) is 8.99. The third kappa shape index (κ3) is 4.03. The summed E-state index contributed by atoms with van der Waals surface area (Å²) in [6.45, 7) is 0.0860. The molecular formula is C21H14ClFN4O4. The Morgan fingerprint density at radius 2 is 1.97 bits per heavy atom. The van der Waals surface area contributed by atoms with E-state index in [-0.39, 0.29) is 28.3 Å². The maximum absolute atomic E-state index is 13.5. The number of carbonyl (C=O) groups excluding carboxylic acids is 1. The summed E-state index contributed by atoms with van der Waals surface area (Å²) >= 11 is 5.76. The van der Waals surface area contributed by atoms with E-state index < -0.39 is 28.6 Å². The van der Waals surface area contributed by atoms with Gasteiger partial charge in [0.2, 0.25) is 5.75 Å². The number of hydrogen-bond donors (Lipinski definition) is 3. The first kappa shape index (κ1) is 20.3. The number of nitrogens with zero attached hydrogens (tertiary/aromatic N) is 2. The zero-order valence-corrected chi connectivity index (χ0v) is 16.5. The summed E-state index contributed by atoms with van der Waals surface area (Å²) in [5, 5.41) is 11.9. The van der Waals surface area contributed by atoms with E-state index in [9.17, 15) is 23.9 Å². The quantitative estimate of drug-likeness (QED) is 0.451. The Kier molecular flexibility index (Phi) is 5.26. The van der Waals surface area contributed by atoms with Crippen LogP contribution in [0.1, 0.15) is 16.1 Å². The van der Waals surface area contributed by atoms with Gasteiger partial charge in [0.15, 0.2) is 0 Å². The van der Waals surface area contributed by atoms with Crippen molar-refractivity contribution in [2.75, 3.05) is 5.32 Å². The van der Waals surface area contributed by atoms with Gasteiger partial charge in [0.25, 0.3) is 17.0 Å². The predicted molar refractivity (Wildman–Crippen MR) is 113 cm³/mol. The molecule has 4 aromatic rings. The summed E-state index contributed by atoms with van der Waals surface area (Å²) in [4.78, 5) is 43.8. The molecule has 4 rings (SSSR count). The van der Waals surface area contributed by atoms with E-state index in [1.807, 2.05) is 0 Å². The Hall–Kier alpha value is -3.98. The Bertz CT molecular complexity index is 1450. The Balaban J connectivity index is 1.74. The van der Waals surface area contributed by atoms with E-state index in [1.54, 1.807) is 24.3 Å². The van der Waals surface area contributed by atoms with Crippen molar-refractivity contribution < 1.29 is 14.3 Å². The van der Waals surface area contributed by atoms with Crippen LogP contribution in [0.25, 0.3) is 10.9 Å². The summed E-state index contributed by atoms with van der Waals surface area (Å²) in [5.74, 6) is -1.87. The summed E-state index contributed by atoms with van der Waals surface area (Å²) in [7, 11) is 0. The summed E-state index contributed by atoms with van der Waals surface area (Å²) in [6.07, 6.45) is 1.35. The number of hydrogen-bond acceptors (Lipinski definition) is 5. The highest BCUT2D eigenvalue weighted by molar-refractivity contribution is 6.32. The molecule has 0 aliphatic rings. The molecule has 0 bridgehead atoms. The molecule has 0 aliphatic heterocycles. The average Bonchev–Trinajstić information content (AvgIpc) is 2.73. The molecule has 3 N–H and O–H groups in total. The zero-order valence-electron chi connectivity index (χ0n) is 15.7. The molecular weight excluding hydrogens is 427 g/mol. The fourth-order valence-electron chi connectivity index (χ4n) is 3.08. The number of halogens is 2. The third-order valence-electron chi connectivity index (χ3n) is 4.55. The summed E-state index contributed by atoms with van der Waals surface area (Å²) < 4.78 is 14.8. The van der Waals surface area contributed by atoms with Gasteiger partial charge in [0.1, 0.15) is 11.5 Å². The standard InChI is InChI=1S/C21H14ClFN4O4/c22-13-8-16(26-20(30)18(13)28)19(29)25-15-6-2-5-14-17(15)21(31)27(10-24-14)9-11-3-1-4-12(23)7-11/h1-8,10,28H,9H2,(H,25,29)(H,26,30). The highest BCUT2D eigenvalue weighted by Crippen LogP contribution is 2.21. The fourth-order valence-corrected chi connectivity index (χ4v) is 3.28. The molecule has 0 aliphatic carbocycles. The van der Waals surface area contributed by atoms with Gasteiger partial charge >= 0.3 is 0 Å². The minimum absolute atomic E-state index is 0.0860. The number of fused-ring (bicyclic) bond motifs is 1. The first-order valence-corrected chi connectivity index (χ1v) is 9.37. The van der Waals surface area contributed by atoms with Gasteiger partial charge in [-0.2, -0.15) is 0 Å². The minimum atomic E-state index is -0.922. The largest absolute Gasteiger partial charge is 0.502 e. The number of anilines is 1. The van der Waals surface area contributed by atoms with E-state index in [0.717, 1.165) is 6.07 Å². The van der Waals surface area contributed by atoms with Crippen LogP contribution in [0.3, 0.4) is 0 Å². The first-order chi connectivity index (χ1) is 14.8. The van der Waals surface area contributed by atoms with Crippen LogP contribution in [0.5, 0.6) is 5.75 Å². The van der Waals surface area contributed by atoms with Crippen LogP contribution in [-0.4, -0.2) is 25.5 Å². The van der Waals surface area contributed by atoms with Crippen LogP contribution >= 0.6 is 11.6 Å². The van der Waals surface area contributed by atoms with E-state index in [2.05, 4.69) is 15.3 Å². The van der Waals surface area contributed by atoms with Gasteiger partial charge in [-0.3, -0.25) is 19.0 Å². The number of H-pyrrole nitrogens is 1. The lowest BCUT2D eigenvalue weighted by atomic mass is 10.2. The number of pyridine rings is 1. The second-order valence-electron chi connectivity index (χ2n) is 6.67. The molecule has 31 heavy (non-hydrogen) atoms. The average molecular weight is 441 g/mol. The van der Waals surface area contributed by atoms with Crippen molar-refractivity contribution in [2.24, 2.45) is 0 Å². The fraction of sp³-hybridized carbons (Fsp3) is 0.0476. The van der Waals surface area contributed by atoms with Crippen molar-refractivity contribution in [3.05, 3.63) is 97.7 Å². The second kappa shape index (κ2) is 8.04. The van der Waals surface area contributed by atoms with Crippen LogP contribution in [0.4, 0.5) is 10.1 Å². The number of nitrogens with one attached hydrogen (secondary N) is 2. The second-order valence-corrected chi connectivity index (χ2v) is 7.08. The smallest absolute Gasteiger partial charge is 0.292 e. The third-order valence-corrected chi connectivity index (χ3v) is 4.84. The number of benzene rings is 2. The Labute approximate surface area is 178 Å². The van der Waals surface area contributed by atoms with Crippen molar-refractivity contribution in [3.8, 4) is 5.75 Å². The van der Waals surface area contributed by atoms with E-state index >= 15 is 0 Å². The summed E-state index contributed by atoms with van der Waals surface area (Å²) in [5.41, 5.74) is -0.485. The van der Waals surface area contributed by atoms with Crippen LogP contribution in [0.2, 0.25) is 5.02 Å². The number of aromatic nitrogens is 3. The molecule has 8 nitrogen and oxygen atoms in total. The van der Waals surface area contributed by atoms with Gasteiger partial charge in [-0.1, -0.05) is 29.8 Å². The lowest BCUT2D eigenvalue weighted by Gasteiger charge is -2.11. The van der Waals surface area contributed by atoms with Crippen LogP contribution < -0.4 is 16.4 Å². The molecule has 1 amide bonds. The molecule has 0 radical (unpaired) electrons.